The van der Waals surface area contributed by atoms with Gasteiger partial charge >= 0.3 is 12.1 Å². The predicted molar refractivity (Wildman–Crippen MR) is 141 cm³/mol. The van der Waals surface area contributed by atoms with Gasteiger partial charge in [-0.05, 0) is 66.4 Å². The summed E-state index contributed by atoms with van der Waals surface area (Å²) in [6.07, 6.45) is -4.55. The molecule has 0 spiro atoms. The van der Waals surface area contributed by atoms with Crippen LogP contribution >= 0.6 is 0 Å². The van der Waals surface area contributed by atoms with Gasteiger partial charge in [0.2, 0.25) is 0 Å². The number of aryl methyl sites for hydroxylation is 1. The summed E-state index contributed by atoms with van der Waals surface area (Å²) in [7, 11) is 1.91. The van der Waals surface area contributed by atoms with Gasteiger partial charge in [-0.1, -0.05) is 43.3 Å². The number of aromatic carboxylic acids is 1. The molecular weight excluding hydrogens is 509 g/mol. The topological polar surface area (TPSA) is 80.5 Å². The number of rotatable bonds is 9. The molecule has 3 aromatic carbocycles. The van der Waals surface area contributed by atoms with Crippen LogP contribution in [0.2, 0.25) is 0 Å². The van der Waals surface area contributed by atoms with Crippen LogP contribution in [0.5, 0.6) is 5.75 Å². The summed E-state index contributed by atoms with van der Waals surface area (Å²) in [5.41, 5.74) is 3.03. The summed E-state index contributed by atoms with van der Waals surface area (Å²) in [4.78, 5) is 13.3. The monoisotopic (exact) mass is 538 g/mol. The summed E-state index contributed by atoms with van der Waals surface area (Å²) in [5.74, 6) is -0.506. The first-order chi connectivity index (χ1) is 18.5. The highest BCUT2D eigenvalue weighted by atomic mass is 19.4. The maximum absolute atomic E-state index is 13.7. The Morgan fingerprint density at radius 3 is 2.49 bits per heavy atom. The molecule has 0 saturated heterocycles. The van der Waals surface area contributed by atoms with E-state index in [0.717, 1.165) is 22.9 Å². The molecule has 0 aliphatic rings. The summed E-state index contributed by atoms with van der Waals surface area (Å²) >= 11 is 0. The fraction of sp³-hybridized carbons (Fsp3) is 0.276. The van der Waals surface area contributed by atoms with E-state index >= 15 is 0 Å². The van der Waals surface area contributed by atoms with E-state index in [1.165, 1.54) is 22.9 Å². The first kappa shape index (κ1) is 27.7. The van der Waals surface area contributed by atoms with Crippen molar-refractivity contribution < 1.29 is 27.8 Å². The van der Waals surface area contributed by atoms with E-state index in [1.807, 2.05) is 50.9 Å². The molecule has 10 heteroatoms. The highest BCUT2D eigenvalue weighted by Gasteiger charge is 2.35. The van der Waals surface area contributed by atoms with Crippen LogP contribution in [0.4, 0.5) is 18.9 Å². The molecule has 0 amide bonds. The second-order valence-corrected chi connectivity index (χ2v) is 9.60. The van der Waals surface area contributed by atoms with Gasteiger partial charge in [-0.25, -0.2) is 9.48 Å². The van der Waals surface area contributed by atoms with E-state index in [1.54, 1.807) is 24.3 Å². The highest BCUT2D eigenvalue weighted by molar-refractivity contribution is 5.87. The number of anilines is 1. The van der Waals surface area contributed by atoms with E-state index in [2.05, 4.69) is 10.3 Å². The van der Waals surface area contributed by atoms with E-state index in [4.69, 9.17) is 4.74 Å². The smallest absolute Gasteiger partial charge is 0.418 e. The number of benzene rings is 3. The SMILES string of the molecule is Cc1cc(OCc2c(C(C)C)nnn2-c2ccccc2C(F)(F)F)ccc1N(C)Cc1cccc(C(=O)O)c1. The quantitative estimate of drug-likeness (QED) is 0.258. The van der Waals surface area contributed by atoms with Crippen molar-refractivity contribution in [1.29, 1.82) is 0 Å². The number of carboxylic acids is 1. The minimum absolute atomic E-state index is 0.0245. The lowest BCUT2D eigenvalue weighted by Gasteiger charge is -2.22. The Bertz CT molecular complexity index is 1480. The van der Waals surface area contributed by atoms with Gasteiger partial charge in [-0.15, -0.1) is 5.10 Å². The van der Waals surface area contributed by atoms with Gasteiger partial charge in [-0.3, -0.25) is 0 Å². The standard InChI is InChI=1S/C29H29F3N4O3/c1-18(2)27-26(36(34-33-27)25-11-6-5-10-23(25)29(30,31)32)17-39-22-12-13-24(19(3)14-22)35(4)16-20-8-7-9-21(15-20)28(37)38/h5-15,18H,16-17H2,1-4H3,(H,37,38). The largest absolute Gasteiger partial charge is 0.487 e. The number of aromatic nitrogens is 3. The Labute approximate surface area is 224 Å². The van der Waals surface area contributed by atoms with Crippen molar-refractivity contribution in [2.75, 3.05) is 11.9 Å². The average molecular weight is 539 g/mol. The molecular formula is C29H29F3N4O3. The lowest BCUT2D eigenvalue weighted by atomic mass is 10.1. The molecule has 4 aromatic rings. The molecule has 204 valence electrons. The number of alkyl halides is 3. The zero-order chi connectivity index (χ0) is 28.3. The molecule has 7 nitrogen and oxygen atoms in total. The van der Waals surface area contributed by atoms with Crippen LogP contribution in [0.3, 0.4) is 0 Å². The van der Waals surface area contributed by atoms with Crippen molar-refractivity contribution in [3.05, 3.63) is 100 Å². The van der Waals surface area contributed by atoms with Gasteiger partial charge in [-0.2, -0.15) is 13.2 Å². The Kier molecular flexibility index (Phi) is 7.94. The van der Waals surface area contributed by atoms with E-state index in [9.17, 15) is 23.1 Å². The summed E-state index contributed by atoms with van der Waals surface area (Å²) < 4.78 is 48.3. The van der Waals surface area contributed by atoms with E-state index in [0.29, 0.717) is 23.7 Å². The summed E-state index contributed by atoms with van der Waals surface area (Å²) in [6, 6.07) is 17.6. The third-order valence-corrected chi connectivity index (χ3v) is 6.33. The predicted octanol–water partition coefficient (Wildman–Crippen LogP) is 6.63. The number of nitrogens with zero attached hydrogens (tertiary/aromatic N) is 4. The maximum Gasteiger partial charge on any atom is 0.418 e. The van der Waals surface area contributed by atoms with E-state index in [-0.39, 0.29) is 23.8 Å². The number of ether oxygens (including phenoxy) is 1. The molecule has 4 rings (SSSR count). The molecule has 1 aromatic heterocycles. The van der Waals surface area contributed by atoms with Crippen molar-refractivity contribution in [2.45, 2.75) is 46.0 Å². The summed E-state index contributed by atoms with van der Waals surface area (Å²) in [5, 5.41) is 17.5. The fourth-order valence-electron chi connectivity index (χ4n) is 4.45. The van der Waals surface area contributed by atoms with Crippen LogP contribution in [-0.2, 0) is 19.3 Å². The Balaban J connectivity index is 1.56. The van der Waals surface area contributed by atoms with Gasteiger partial charge in [0.25, 0.3) is 0 Å². The number of para-hydroxylation sites is 1. The second kappa shape index (κ2) is 11.2. The maximum atomic E-state index is 13.7. The molecule has 0 aliphatic heterocycles. The Morgan fingerprint density at radius 1 is 1.08 bits per heavy atom. The lowest BCUT2D eigenvalue weighted by molar-refractivity contribution is -0.137. The molecule has 0 saturated carbocycles. The van der Waals surface area contributed by atoms with Crippen molar-refractivity contribution >= 4 is 11.7 Å². The van der Waals surface area contributed by atoms with Crippen molar-refractivity contribution in [3.8, 4) is 11.4 Å². The third kappa shape index (κ3) is 6.22. The average Bonchev–Trinajstić information content (AvgIpc) is 3.31. The van der Waals surface area contributed by atoms with Crippen LogP contribution < -0.4 is 9.64 Å². The molecule has 0 aliphatic carbocycles. The number of hydrogen-bond donors (Lipinski definition) is 1. The molecule has 1 N–H and O–H groups in total. The van der Waals surface area contributed by atoms with Crippen molar-refractivity contribution in [1.82, 2.24) is 15.0 Å². The molecule has 39 heavy (non-hydrogen) atoms. The number of hydrogen-bond acceptors (Lipinski definition) is 5. The van der Waals surface area contributed by atoms with E-state index < -0.39 is 17.7 Å². The van der Waals surface area contributed by atoms with Gasteiger partial charge in [0.15, 0.2) is 0 Å². The number of carbonyl (C=O) groups is 1. The zero-order valence-electron chi connectivity index (χ0n) is 22.0. The van der Waals surface area contributed by atoms with Crippen LogP contribution in [0, 0.1) is 6.92 Å². The normalized spacial score (nSPS) is 11.6. The van der Waals surface area contributed by atoms with Gasteiger partial charge in [0.1, 0.15) is 18.1 Å². The van der Waals surface area contributed by atoms with Crippen molar-refractivity contribution in [2.24, 2.45) is 0 Å². The second-order valence-electron chi connectivity index (χ2n) is 9.60. The first-order valence-electron chi connectivity index (χ1n) is 12.3. The first-order valence-corrected chi connectivity index (χ1v) is 12.3. The minimum Gasteiger partial charge on any atom is -0.487 e. The number of halogens is 3. The third-order valence-electron chi connectivity index (χ3n) is 6.33. The highest BCUT2D eigenvalue weighted by Crippen LogP contribution is 2.35. The zero-order valence-corrected chi connectivity index (χ0v) is 22.0. The summed E-state index contributed by atoms with van der Waals surface area (Å²) in [6.45, 7) is 6.20. The molecule has 0 bridgehead atoms. The Hall–Kier alpha value is -4.34. The van der Waals surface area contributed by atoms with Crippen LogP contribution in [0.15, 0.2) is 66.7 Å². The van der Waals surface area contributed by atoms with Crippen LogP contribution in [-0.4, -0.2) is 33.1 Å². The van der Waals surface area contributed by atoms with Crippen LogP contribution in [0.1, 0.15) is 58.2 Å². The fourth-order valence-corrected chi connectivity index (χ4v) is 4.45. The van der Waals surface area contributed by atoms with Crippen molar-refractivity contribution in [3.63, 3.8) is 0 Å². The van der Waals surface area contributed by atoms with Gasteiger partial charge in [0.05, 0.1) is 22.5 Å². The molecule has 0 unspecified atom stereocenters. The van der Waals surface area contributed by atoms with Crippen LogP contribution in [0.25, 0.3) is 5.69 Å². The number of carboxylic acid groups (broad SMARTS) is 1. The lowest BCUT2D eigenvalue weighted by Crippen LogP contribution is -2.18. The Morgan fingerprint density at radius 2 is 1.82 bits per heavy atom. The molecule has 0 fully saturated rings. The molecule has 1 heterocycles. The minimum atomic E-state index is -4.55. The molecule has 0 radical (unpaired) electrons. The van der Waals surface area contributed by atoms with Gasteiger partial charge < -0.3 is 14.7 Å². The molecule has 0 atom stereocenters. The van der Waals surface area contributed by atoms with Gasteiger partial charge in [0, 0.05) is 19.3 Å².